The number of carboxylic acids is 2. The number of rotatable bonds is 9. The minimum Gasteiger partial charge on any atom is -0.480 e. The lowest BCUT2D eigenvalue weighted by Gasteiger charge is -2.26. The molecule has 3 rings (SSSR count). The molecule has 0 bridgehead atoms. The van der Waals surface area contributed by atoms with Crippen molar-refractivity contribution in [2.24, 2.45) is 0 Å². The number of thiophene rings is 1. The molecule has 3 N–H and O–H groups in total. The number of aliphatic carboxylic acids is 2. The third kappa shape index (κ3) is 6.07. The third-order valence-corrected chi connectivity index (χ3v) is 7.02. The maximum absolute atomic E-state index is 13.0. The number of nitrogens with zero attached hydrogens (tertiary/aromatic N) is 1. The van der Waals surface area contributed by atoms with Gasteiger partial charge in [-0.3, -0.25) is 19.7 Å². The Morgan fingerprint density at radius 2 is 1.97 bits per heavy atom. The van der Waals surface area contributed by atoms with Crippen LogP contribution in [0, 0.1) is 0 Å². The number of benzene rings is 1. The van der Waals surface area contributed by atoms with Gasteiger partial charge in [0.05, 0.1) is 6.04 Å². The van der Waals surface area contributed by atoms with E-state index in [-0.39, 0.29) is 17.7 Å². The molecule has 1 saturated heterocycles. The second-order valence-corrected chi connectivity index (χ2v) is 9.14. The van der Waals surface area contributed by atoms with Crippen molar-refractivity contribution in [3.8, 4) is 0 Å². The topological polar surface area (TPSA) is 107 Å². The Hall–Kier alpha value is -2.36. The summed E-state index contributed by atoms with van der Waals surface area (Å²) in [5.74, 6) is -2.09. The number of nitrogens with one attached hydrogen (secondary N) is 1. The van der Waals surface area contributed by atoms with Crippen molar-refractivity contribution in [1.82, 2.24) is 10.2 Å². The molecule has 1 aromatic heterocycles. The average molecular weight is 449 g/mol. The molecule has 0 spiro atoms. The fraction of sp³-hybridized carbons (Fsp3) is 0.381. The maximum Gasteiger partial charge on any atom is 0.323 e. The molecule has 9 heteroatoms. The maximum atomic E-state index is 13.0. The van der Waals surface area contributed by atoms with E-state index in [0.29, 0.717) is 18.6 Å². The second-order valence-electron chi connectivity index (χ2n) is 7.13. The SMILES string of the molecule is O=C(O)CN1CC(c2ccsc2)SCC(N[C@@H](CCc2ccccc2)C(=O)O)C1=O. The van der Waals surface area contributed by atoms with Crippen LogP contribution in [0.4, 0.5) is 0 Å². The Morgan fingerprint density at radius 3 is 2.60 bits per heavy atom. The lowest BCUT2D eigenvalue weighted by atomic mass is 10.0. The summed E-state index contributed by atoms with van der Waals surface area (Å²) in [5.41, 5.74) is 2.07. The lowest BCUT2D eigenvalue weighted by Crippen LogP contribution is -2.53. The summed E-state index contributed by atoms with van der Waals surface area (Å²) >= 11 is 3.10. The van der Waals surface area contributed by atoms with Crippen LogP contribution in [-0.2, 0) is 20.8 Å². The molecule has 1 aromatic carbocycles. The van der Waals surface area contributed by atoms with Crippen molar-refractivity contribution in [3.05, 3.63) is 58.3 Å². The molecule has 0 radical (unpaired) electrons. The number of hydrogen-bond donors (Lipinski definition) is 3. The summed E-state index contributed by atoms with van der Waals surface area (Å²) in [5, 5.41) is 25.8. The molecule has 160 valence electrons. The van der Waals surface area contributed by atoms with Crippen LogP contribution >= 0.6 is 23.1 Å². The fourth-order valence-electron chi connectivity index (χ4n) is 3.41. The Morgan fingerprint density at radius 1 is 1.20 bits per heavy atom. The van der Waals surface area contributed by atoms with Crippen LogP contribution in [0.5, 0.6) is 0 Å². The molecule has 0 aliphatic carbocycles. The molecule has 30 heavy (non-hydrogen) atoms. The molecule has 2 heterocycles. The van der Waals surface area contributed by atoms with Gasteiger partial charge in [0.2, 0.25) is 5.91 Å². The minimum atomic E-state index is -1.09. The molecular weight excluding hydrogens is 424 g/mol. The zero-order valence-electron chi connectivity index (χ0n) is 16.3. The molecule has 7 nitrogen and oxygen atoms in total. The Kier molecular flexibility index (Phi) is 7.89. The normalized spacial score (nSPS) is 20.5. The van der Waals surface area contributed by atoms with Crippen molar-refractivity contribution in [2.75, 3.05) is 18.8 Å². The van der Waals surface area contributed by atoms with E-state index in [1.165, 1.54) is 4.90 Å². The highest BCUT2D eigenvalue weighted by atomic mass is 32.2. The van der Waals surface area contributed by atoms with Gasteiger partial charge in [-0.1, -0.05) is 30.3 Å². The zero-order valence-corrected chi connectivity index (χ0v) is 17.9. The van der Waals surface area contributed by atoms with Crippen molar-refractivity contribution < 1.29 is 24.6 Å². The van der Waals surface area contributed by atoms with Gasteiger partial charge in [0.25, 0.3) is 0 Å². The summed E-state index contributed by atoms with van der Waals surface area (Å²) in [7, 11) is 0. The summed E-state index contributed by atoms with van der Waals surface area (Å²) in [6, 6.07) is 9.89. The molecule has 1 fully saturated rings. The third-order valence-electron chi connectivity index (χ3n) is 4.97. The van der Waals surface area contributed by atoms with Crippen molar-refractivity contribution in [3.63, 3.8) is 0 Å². The number of thioether (sulfide) groups is 1. The predicted molar refractivity (Wildman–Crippen MR) is 117 cm³/mol. The van der Waals surface area contributed by atoms with E-state index in [1.807, 2.05) is 47.2 Å². The minimum absolute atomic E-state index is 0.0426. The van der Waals surface area contributed by atoms with Crippen molar-refractivity contribution >= 4 is 40.9 Å². The molecule has 0 saturated carbocycles. The number of amides is 1. The van der Waals surface area contributed by atoms with E-state index in [1.54, 1.807) is 23.1 Å². The average Bonchev–Trinajstić information content (AvgIpc) is 3.21. The Bertz CT molecular complexity index is 860. The van der Waals surface area contributed by atoms with E-state index in [2.05, 4.69) is 5.32 Å². The highest BCUT2D eigenvalue weighted by Crippen LogP contribution is 2.34. The monoisotopic (exact) mass is 448 g/mol. The van der Waals surface area contributed by atoms with Gasteiger partial charge < -0.3 is 15.1 Å². The molecule has 3 atom stereocenters. The predicted octanol–water partition coefficient (Wildman–Crippen LogP) is 2.49. The van der Waals surface area contributed by atoms with Gasteiger partial charge in [0.1, 0.15) is 12.6 Å². The van der Waals surface area contributed by atoms with E-state index < -0.39 is 30.6 Å². The first-order valence-electron chi connectivity index (χ1n) is 9.61. The number of carbonyl (C=O) groups is 3. The zero-order chi connectivity index (χ0) is 21.5. The van der Waals surface area contributed by atoms with Crippen molar-refractivity contribution in [1.29, 1.82) is 0 Å². The van der Waals surface area contributed by atoms with Crippen LogP contribution in [0.3, 0.4) is 0 Å². The number of aryl methyl sites for hydroxylation is 1. The van der Waals surface area contributed by atoms with Crippen LogP contribution in [0.25, 0.3) is 0 Å². The molecule has 2 aromatic rings. The van der Waals surface area contributed by atoms with Gasteiger partial charge >= 0.3 is 11.9 Å². The second kappa shape index (κ2) is 10.6. The van der Waals surface area contributed by atoms with Crippen LogP contribution in [-0.4, -0.2) is 63.9 Å². The van der Waals surface area contributed by atoms with Crippen LogP contribution < -0.4 is 5.32 Å². The van der Waals surface area contributed by atoms with Crippen molar-refractivity contribution in [2.45, 2.75) is 30.2 Å². The Balaban J connectivity index is 1.72. The first-order chi connectivity index (χ1) is 14.4. The van der Waals surface area contributed by atoms with Gasteiger partial charge in [-0.05, 0) is 40.8 Å². The number of carboxylic acid groups (broad SMARTS) is 2. The van der Waals surface area contributed by atoms with Gasteiger partial charge in [-0.15, -0.1) is 11.8 Å². The molecule has 1 aliphatic rings. The van der Waals surface area contributed by atoms with E-state index in [9.17, 15) is 24.6 Å². The van der Waals surface area contributed by atoms with Crippen LogP contribution in [0.15, 0.2) is 47.2 Å². The van der Waals surface area contributed by atoms with E-state index in [4.69, 9.17) is 0 Å². The van der Waals surface area contributed by atoms with Gasteiger partial charge in [0.15, 0.2) is 0 Å². The quantitative estimate of drug-likeness (QED) is 0.541. The number of hydrogen-bond acceptors (Lipinski definition) is 6. The lowest BCUT2D eigenvalue weighted by molar-refractivity contribution is -0.146. The highest BCUT2D eigenvalue weighted by Gasteiger charge is 2.35. The summed E-state index contributed by atoms with van der Waals surface area (Å²) in [6.07, 6.45) is 0.899. The first-order valence-corrected chi connectivity index (χ1v) is 11.6. The van der Waals surface area contributed by atoms with E-state index >= 15 is 0 Å². The smallest absolute Gasteiger partial charge is 0.323 e. The summed E-state index contributed by atoms with van der Waals surface area (Å²) < 4.78 is 0. The van der Waals surface area contributed by atoms with E-state index in [0.717, 1.165) is 11.1 Å². The highest BCUT2D eigenvalue weighted by molar-refractivity contribution is 7.99. The van der Waals surface area contributed by atoms with Gasteiger partial charge in [-0.2, -0.15) is 11.3 Å². The molecule has 1 amide bonds. The summed E-state index contributed by atoms with van der Waals surface area (Å²) in [4.78, 5) is 37.5. The van der Waals surface area contributed by atoms with Crippen LogP contribution in [0.2, 0.25) is 0 Å². The number of carbonyl (C=O) groups excluding carboxylic acids is 1. The molecular formula is C21H24N2O5S2. The summed E-state index contributed by atoms with van der Waals surface area (Å²) in [6.45, 7) is -0.119. The van der Waals surface area contributed by atoms with Gasteiger partial charge in [-0.25, -0.2) is 0 Å². The van der Waals surface area contributed by atoms with Crippen LogP contribution in [0.1, 0.15) is 22.8 Å². The Labute approximate surface area is 183 Å². The largest absolute Gasteiger partial charge is 0.480 e. The van der Waals surface area contributed by atoms with Gasteiger partial charge in [0, 0.05) is 17.5 Å². The standard InChI is InChI=1S/C21H24N2O5S2/c24-19(25)11-23-10-18(15-8-9-29-12-15)30-13-17(20(23)26)22-16(21(27)28)7-6-14-4-2-1-3-5-14/h1-5,8-9,12,16-18,22H,6-7,10-11,13H2,(H,24,25)(H,27,28)/t16-,17?,18?/m0/s1. The fourth-order valence-corrected chi connectivity index (χ4v) is 5.50. The molecule has 1 aliphatic heterocycles. The molecule has 2 unspecified atom stereocenters. The first kappa shape index (κ1) is 22.3.